The van der Waals surface area contributed by atoms with E-state index in [-0.39, 0.29) is 6.10 Å². The summed E-state index contributed by atoms with van der Waals surface area (Å²) >= 11 is 0. The Bertz CT molecular complexity index is 1330. The van der Waals surface area contributed by atoms with Crippen molar-refractivity contribution in [3.05, 3.63) is 49.1 Å². The lowest BCUT2D eigenvalue weighted by Crippen LogP contribution is -2.19. The average molecular weight is 411 g/mol. The van der Waals surface area contributed by atoms with Gasteiger partial charge in [0, 0.05) is 18.0 Å². The maximum Gasteiger partial charge on any atom is 0.161 e. The van der Waals surface area contributed by atoms with E-state index in [1.807, 2.05) is 30.5 Å². The van der Waals surface area contributed by atoms with Gasteiger partial charge in [0.25, 0.3) is 0 Å². The highest BCUT2D eigenvalue weighted by molar-refractivity contribution is 5.91. The van der Waals surface area contributed by atoms with Crippen LogP contribution in [-0.4, -0.2) is 41.2 Å². The maximum atomic E-state index is 6.19. The van der Waals surface area contributed by atoms with Gasteiger partial charge in [0.1, 0.15) is 16.8 Å². The number of imidazole rings is 1. The SMILES string of the molecule is c1cc2[nH]c(-c3n[nH]c4ccc(-c5cncc(OC6CCCCC6)c5)nc34)nc2cn1. The van der Waals surface area contributed by atoms with E-state index in [1.165, 1.54) is 19.3 Å². The van der Waals surface area contributed by atoms with Crippen molar-refractivity contribution in [3.8, 4) is 28.5 Å². The van der Waals surface area contributed by atoms with Gasteiger partial charge in [-0.3, -0.25) is 15.1 Å². The standard InChI is InChI=1S/C23H21N7O/c1-2-4-15(5-3-1)31-16-10-14(11-25-12-16)17-6-7-19-21(26-17)22(30-29-19)23-27-18-8-9-24-13-20(18)28-23/h6-13,15H,1-5H2,(H,27,28)(H,29,30). The van der Waals surface area contributed by atoms with Crippen molar-refractivity contribution in [1.29, 1.82) is 0 Å². The number of fused-ring (bicyclic) bond motifs is 2. The molecule has 0 radical (unpaired) electrons. The molecule has 5 heterocycles. The van der Waals surface area contributed by atoms with E-state index in [1.54, 1.807) is 18.6 Å². The molecule has 5 aromatic heterocycles. The molecule has 0 aromatic carbocycles. The highest BCUT2D eigenvalue weighted by Gasteiger charge is 2.17. The second kappa shape index (κ2) is 7.46. The van der Waals surface area contributed by atoms with Crippen LogP contribution in [0.3, 0.4) is 0 Å². The number of nitrogens with zero attached hydrogens (tertiary/aromatic N) is 5. The summed E-state index contributed by atoms with van der Waals surface area (Å²) in [7, 11) is 0. The van der Waals surface area contributed by atoms with Crippen LogP contribution >= 0.6 is 0 Å². The molecule has 1 fully saturated rings. The minimum Gasteiger partial charge on any atom is -0.489 e. The van der Waals surface area contributed by atoms with Crippen molar-refractivity contribution < 1.29 is 4.74 Å². The summed E-state index contributed by atoms with van der Waals surface area (Å²) < 4.78 is 6.19. The molecule has 0 saturated heterocycles. The number of aromatic nitrogens is 7. The molecule has 154 valence electrons. The molecule has 2 N–H and O–H groups in total. The van der Waals surface area contributed by atoms with Crippen LogP contribution in [0, 0.1) is 0 Å². The van der Waals surface area contributed by atoms with Crippen molar-refractivity contribution in [1.82, 2.24) is 35.1 Å². The maximum absolute atomic E-state index is 6.19. The minimum atomic E-state index is 0.282. The summed E-state index contributed by atoms with van der Waals surface area (Å²) in [5.41, 5.74) is 5.71. The summed E-state index contributed by atoms with van der Waals surface area (Å²) in [4.78, 5) is 21.3. The zero-order valence-corrected chi connectivity index (χ0v) is 16.9. The van der Waals surface area contributed by atoms with Gasteiger partial charge in [-0.15, -0.1) is 0 Å². The van der Waals surface area contributed by atoms with Crippen molar-refractivity contribution >= 4 is 22.1 Å². The first-order chi connectivity index (χ1) is 15.3. The first-order valence-corrected chi connectivity index (χ1v) is 10.6. The van der Waals surface area contributed by atoms with E-state index >= 15 is 0 Å². The first kappa shape index (κ1) is 18.0. The molecule has 5 aromatic rings. The summed E-state index contributed by atoms with van der Waals surface area (Å²) in [6.45, 7) is 0. The van der Waals surface area contributed by atoms with Crippen LogP contribution in [0.15, 0.2) is 49.1 Å². The quantitative estimate of drug-likeness (QED) is 0.445. The number of pyridine rings is 3. The fourth-order valence-corrected chi connectivity index (χ4v) is 4.19. The molecular weight excluding hydrogens is 390 g/mol. The van der Waals surface area contributed by atoms with Gasteiger partial charge in [-0.1, -0.05) is 6.42 Å². The Morgan fingerprint density at radius 2 is 1.84 bits per heavy atom. The number of hydrogen-bond acceptors (Lipinski definition) is 6. The van der Waals surface area contributed by atoms with Gasteiger partial charge in [-0.25, -0.2) is 9.97 Å². The third kappa shape index (κ3) is 3.39. The number of aromatic amines is 2. The molecule has 8 nitrogen and oxygen atoms in total. The molecule has 1 saturated carbocycles. The Balaban J connectivity index is 1.36. The van der Waals surface area contributed by atoms with Crippen LogP contribution in [0.4, 0.5) is 0 Å². The molecule has 0 atom stereocenters. The minimum absolute atomic E-state index is 0.282. The van der Waals surface area contributed by atoms with Crippen LogP contribution in [0.5, 0.6) is 5.75 Å². The van der Waals surface area contributed by atoms with E-state index in [4.69, 9.17) is 9.72 Å². The summed E-state index contributed by atoms with van der Waals surface area (Å²) in [6.07, 6.45) is 13.3. The third-order valence-corrected chi connectivity index (χ3v) is 5.78. The van der Waals surface area contributed by atoms with E-state index in [0.29, 0.717) is 11.5 Å². The number of rotatable bonds is 4. The number of nitrogens with one attached hydrogen (secondary N) is 2. The van der Waals surface area contributed by atoms with Gasteiger partial charge in [0.2, 0.25) is 0 Å². The third-order valence-electron chi connectivity index (χ3n) is 5.78. The highest BCUT2D eigenvalue weighted by atomic mass is 16.5. The van der Waals surface area contributed by atoms with Gasteiger partial charge < -0.3 is 9.72 Å². The molecular formula is C23H21N7O. The zero-order valence-electron chi connectivity index (χ0n) is 16.9. The second-order valence-corrected chi connectivity index (χ2v) is 7.93. The van der Waals surface area contributed by atoms with Crippen molar-refractivity contribution in [2.24, 2.45) is 0 Å². The lowest BCUT2D eigenvalue weighted by Gasteiger charge is -2.22. The Labute approximate surface area is 178 Å². The Morgan fingerprint density at radius 3 is 2.74 bits per heavy atom. The molecule has 31 heavy (non-hydrogen) atoms. The van der Waals surface area contributed by atoms with Gasteiger partial charge in [0.15, 0.2) is 11.5 Å². The topological polar surface area (TPSA) is 105 Å². The molecule has 0 amide bonds. The van der Waals surface area contributed by atoms with Crippen LogP contribution < -0.4 is 4.74 Å². The monoisotopic (exact) mass is 411 g/mol. The van der Waals surface area contributed by atoms with Gasteiger partial charge >= 0.3 is 0 Å². The molecule has 1 aliphatic carbocycles. The molecule has 0 bridgehead atoms. The van der Waals surface area contributed by atoms with Gasteiger partial charge in [0.05, 0.1) is 35.2 Å². The largest absolute Gasteiger partial charge is 0.489 e. The summed E-state index contributed by atoms with van der Waals surface area (Å²) in [5, 5.41) is 7.50. The number of hydrogen-bond donors (Lipinski definition) is 2. The van der Waals surface area contributed by atoms with Crippen LogP contribution in [0.2, 0.25) is 0 Å². The number of H-pyrrole nitrogens is 2. The summed E-state index contributed by atoms with van der Waals surface area (Å²) in [6, 6.07) is 7.85. The Hall–Kier alpha value is -3.81. The van der Waals surface area contributed by atoms with E-state index in [0.717, 1.165) is 51.9 Å². The Kier molecular flexibility index (Phi) is 4.33. The first-order valence-electron chi connectivity index (χ1n) is 10.6. The number of ether oxygens (including phenoxy) is 1. The Morgan fingerprint density at radius 1 is 0.903 bits per heavy atom. The molecule has 0 unspecified atom stereocenters. The fraction of sp³-hybridized carbons (Fsp3) is 0.261. The predicted molar refractivity (Wildman–Crippen MR) is 118 cm³/mol. The molecule has 6 rings (SSSR count). The normalized spacial score (nSPS) is 15.0. The molecule has 0 spiro atoms. The van der Waals surface area contributed by atoms with Crippen molar-refractivity contribution in [2.45, 2.75) is 38.2 Å². The predicted octanol–water partition coefficient (Wildman–Crippen LogP) is 4.67. The van der Waals surface area contributed by atoms with Gasteiger partial charge in [-0.05, 0) is 49.9 Å². The highest BCUT2D eigenvalue weighted by Crippen LogP contribution is 2.29. The van der Waals surface area contributed by atoms with Gasteiger partial charge in [-0.2, -0.15) is 5.10 Å². The van der Waals surface area contributed by atoms with Crippen LogP contribution in [0.1, 0.15) is 32.1 Å². The molecule has 0 aliphatic heterocycles. The van der Waals surface area contributed by atoms with Crippen LogP contribution in [-0.2, 0) is 0 Å². The molecule has 8 heteroatoms. The van der Waals surface area contributed by atoms with Crippen molar-refractivity contribution in [3.63, 3.8) is 0 Å². The lowest BCUT2D eigenvalue weighted by atomic mass is 9.98. The lowest BCUT2D eigenvalue weighted by molar-refractivity contribution is 0.154. The smallest absolute Gasteiger partial charge is 0.161 e. The summed E-state index contributed by atoms with van der Waals surface area (Å²) in [5.74, 6) is 1.45. The molecule has 1 aliphatic rings. The average Bonchev–Trinajstić information content (AvgIpc) is 3.43. The second-order valence-electron chi connectivity index (χ2n) is 7.93. The zero-order chi connectivity index (χ0) is 20.6. The van der Waals surface area contributed by atoms with E-state index in [2.05, 4.69) is 30.1 Å². The fourth-order valence-electron chi connectivity index (χ4n) is 4.19. The van der Waals surface area contributed by atoms with E-state index < -0.39 is 0 Å². The van der Waals surface area contributed by atoms with Crippen LogP contribution in [0.25, 0.3) is 44.8 Å². The van der Waals surface area contributed by atoms with E-state index in [9.17, 15) is 0 Å². The van der Waals surface area contributed by atoms with Crippen molar-refractivity contribution in [2.75, 3.05) is 0 Å².